The molecule has 124 valence electrons. The molecule has 0 amide bonds. The van der Waals surface area contributed by atoms with Crippen molar-refractivity contribution >= 4 is 31.7 Å². The minimum Gasteiger partial charge on any atom is -0.333 e. The second-order valence-corrected chi connectivity index (χ2v) is 6.66. The molecule has 0 bridgehead atoms. The number of rotatable bonds is 3. The largest absolute Gasteiger partial charge is 0.333 e. The Bertz CT molecular complexity index is 737. The van der Waals surface area contributed by atoms with Gasteiger partial charge in [0, 0.05) is 3.58 Å². The number of allylic oxidation sites excluding steroid dienone is 5. The van der Waals surface area contributed by atoms with Crippen LogP contribution in [0.15, 0.2) is 78.4 Å². The highest BCUT2D eigenvalue weighted by Gasteiger charge is 2.14. The maximum atomic E-state index is 4.50. The van der Waals surface area contributed by atoms with Gasteiger partial charge in [-0.3, -0.25) is 0 Å². The highest BCUT2D eigenvalue weighted by Crippen LogP contribution is 2.39. The topological polar surface area (TPSA) is 26.0 Å². The Hall–Kier alpha value is -1.65. The van der Waals surface area contributed by atoms with E-state index >= 15 is 0 Å². The van der Waals surface area contributed by atoms with Gasteiger partial charge in [-0.05, 0) is 71.7 Å². The Labute approximate surface area is 159 Å². The fourth-order valence-corrected chi connectivity index (χ4v) is 3.73. The predicted octanol–water partition coefficient (Wildman–Crippen LogP) is 6.15. The molecule has 0 saturated heterocycles. The first kappa shape index (κ1) is 18.7. The number of hydrogen-bond donors (Lipinski definition) is 1. The molecule has 1 nitrogen and oxygen atoms in total. The van der Waals surface area contributed by atoms with Gasteiger partial charge in [0.05, 0.1) is 0 Å². The summed E-state index contributed by atoms with van der Waals surface area (Å²) < 4.78 is 1.32. The molecular weight excluding hydrogens is 405 g/mol. The summed E-state index contributed by atoms with van der Waals surface area (Å²) in [7, 11) is 1.50. The van der Waals surface area contributed by atoms with Gasteiger partial charge in [0.25, 0.3) is 0 Å². The molecule has 0 heterocycles. The van der Waals surface area contributed by atoms with Crippen molar-refractivity contribution in [3.05, 3.63) is 95.1 Å². The number of hydrogen-bond acceptors (Lipinski definition) is 1. The van der Waals surface area contributed by atoms with E-state index in [0.717, 1.165) is 12.8 Å². The number of nitrogens with two attached hydrogens (primary N) is 1. The van der Waals surface area contributed by atoms with Crippen LogP contribution in [0.25, 0.3) is 9.15 Å². The summed E-state index contributed by atoms with van der Waals surface area (Å²) in [5.74, 6) is 0. The summed E-state index contributed by atoms with van der Waals surface area (Å²) in [6, 6.07) is 19.6. The third-order valence-electron chi connectivity index (χ3n) is 3.92. The monoisotopic (exact) mass is 429 g/mol. The van der Waals surface area contributed by atoms with Crippen LogP contribution in [0.4, 0.5) is 0 Å². The zero-order valence-corrected chi connectivity index (χ0v) is 16.5. The van der Waals surface area contributed by atoms with Crippen LogP contribution in [-0.2, 0) is 0 Å². The molecule has 0 radical (unpaired) electrons. The molecular formula is C22H24IN. The smallest absolute Gasteiger partial charge is 0.0283 e. The molecule has 3 rings (SSSR count). The Morgan fingerprint density at radius 3 is 2.17 bits per heavy atom. The molecule has 0 spiro atoms. The second-order valence-electron chi connectivity index (χ2n) is 5.58. The van der Waals surface area contributed by atoms with Gasteiger partial charge in [-0.2, -0.15) is 0 Å². The first-order chi connectivity index (χ1) is 11.8. The van der Waals surface area contributed by atoms with E-state index < -0.39 is 0 Å². The quantitative estimate of drug-likeness (QED) is 0.460. The van der Waals surface area contributed by atoms with E-state index in [0.29, 0.717) is 0 Å². The Kier molecular flexibility index (Phi) is 7.47. The minimum atomic E-state index is 1.11. The van der Waals surface area contributed by atoms with E-state index in [1.165, 1.54) is 38.5 Å². The molecule has 2 heteroatoms. The average Bonchev–Trinajstić information content (AvgIpc) is 2.66. The van der Waals surface area contributed by atoms with Crippen LogP contribution in [0.5, 0.6) is 0 Å². The van der Waals surface area contributed by atoms with Gasteiger partial charge in [-0.1, -0.05) is 78.4 Å². The maximum absolute atomic E-state index is 4.50. The van der Waals surface area contributed by atoms with E-state index in [4.69, 9.17) is 0 Å². The fourth-order valence-electron chi connectivity index (χ4n) is 2.71. The second kappa shape index (κ2) is 9.60. The zero-order chi connectivity index (χ0) is 17.4. The summed E-state index contributed by atoms with van der Waals surface area (Å²) in [6.45, 7) is 2.13. The van der Waals surface area contributed by atoms with Crippen LogP contribution in [0.1, 0.15) is 29.5 Å². The molecule has 0 saturated carbocycles. The van der Waals surface area contributed by atoms with Gasteiger partial charge in [-0.15, -0.1) is 0 Å². The van der Waals surface area contributed by atoms with E-state index in [1.54, 1.807) is 0 Å². The lowest BCUT2D eigenvalue weighted by molar-refractivity contribution is 0.997. The van der Waals surface area contributed by atoms with Crippen molar-refractivity contribution in [3.63, 3.8) is 0 Å². The Morgan fingerprint density at radius 2 is 1.58 bits per heavy atom. The Morgan fingerprint density at radius 1 is 0.917 bits per heavy atom. The van der Waals surface area contributed by atoms with Crippen molar-refractivity contribution in [1.82, 2.24) is 0 Å². The van der Waals surface area contributed by atoms with Gasteiger partial charge in [-0.25, -0.2) is 0 Å². The average molecular weight is 429 g/mol. The van der Waals surface area contributed by atoms with Gasteiger partial charge in [0.2, 0.25) is 0 Å². The minimum absolute atomic E-state index is 1.11. The van der Waals surface area contributed by atoms with Crippen molar-refractivity contribution < 1.29 is 0 Å². The summed E-state index contributed by atoms with van der Waals surface area (Å²) >= 11 is 2.50. The van der Waals surface area contributed by atoms with Crippen molar-refractivity contribution in [2.75, 3.05) is 7.05 Å². The zero-order valence-electron chi connectivity index (χ0n) is 14.3. The molecule has 24 heavy (non-hydrogen) atoms. The number of aryl methyl sites for hydroxylation is 1. The molecule has 2 aromatic carbocycles. The van der Waals surface area contributed by atoms with Gasteiger partial charge in [0.1, 0.15) is 0 Å². The molecule has 2 aromatic rings. The molecule has 0 fully saturated rings. The number of halogens is 1. The molecule has 2 N–H and O–H groups in total. The molecule has 0 aliphatic heterocycles. The van der Waals surface area contributed by atoms with Crippen molar-refractivity contribution in [2.24, 2.45) is 5.73 Å². The van der Waals surface area contributed by atoms with E-state index in [-0.39, 0.29) is 0 Å². The van der Waals surface area contributed by atoms with Crippen LogP contribution in [0, 0.1) is 6.92 Å². The molecule has 0 atom stereocenters. The van der Waals surface area contributed by atoms with Gasteiger partial charge >= 0.3 is 0 Å². The number of benzene rings is 2. The molecule has 1 aliphatic rings. The van der Waals surface area contributed by atoms with E-state index in [9.17, 15) is 0 Å². The third-order valence-corrected chi connectivity index (χ3v) is 5.08. The molecule has 0 unspecified atom stereocenters. The van der Waals surface area contributed by atoms with E-state index in [1.807, 2.05) is 0 Å². The van der Waals surface area contributed by atoms with Gasteiger partial charge in [0.15, 0.2) is 0 Å². The van der Waals surface area contributed by atoms with E-state index in [2.05, 4.69) is 108 Å². The van der Waals surface area contributed by atoms with Crippen molar-refractivity contribution in [1.29, 1.82) is 0 Å². The van der Waals surface area contributed by atoms with Crippen LogP contribution in [0.2, 0.25) is 0 Å². The highest BCUT2D eigenvalue weighted by atomic mass is 127. The van der Waals surface area contributed by atoms with Crippen LogP contribution < -0.4 is 5.73 Å². The first-order valence-electron chi connectivity index (χ1n) is 8.22. The van der Waals surface area contributed by atoms with Crippen LogP contribution in [0.3, 0.4) is 0 Å². The first-order valence-corrected chi connectivity index (χ1v) is 9.29. The van der Waals surface area contributed by atoms with Crippen LogP contribution in [-0.4, -0.2) is 7.05 Å². The van der Waals surface area contributed by atoms with Crippen molar-refractivity contribution in [3.8, 4) is 0 Å². The fraction of sp³-hybridized carbons (Fsp3) is 0.182. The normalized spacial score (nSPS) is 14.2. The SMILES string of the molecule is CN.Cc1ccc(/C(I)=C(/C2=CC=CCC2)c2ccccc2)cc1. The maximum Gasteiger partial charge on any atom is 0.0283 e. The predicted molar refractivity (Wildman–Crippen MR) is 115 cm³/mol. The van der Waals surface area contributed by atoms with Crippen LogP contribution >= 0.6 is 22.6 Å². The standard InChI is InChI=1S/C21H19I.CH5N/c1-16-12-14-19(15-13-16)21(22)20(17-8-4-2-5-9-17)18-10-6-3-7-11-18;1-2/h2-6,8-10,12-15H,7,11H2,1H3;2H2,1H3/b21-20-;. The third kappa shape index (κ3) is 4.68. The summed E-state index contributed by atoms with van der Waals surface area (Å²) in [4.78, 5) is 0. The molecule has 1 aliphatic carbocycles. The summed E-state index contributed by atoms with van der Waals surface area (Å²) in [5.41, 5.74) is 11.2. The summed E-state index contributed by atoms with van der Waals surface area (Å²) in [5, 5.41) is 0. The van der Waals surface area contributed by atoms with Gasteiger partial charge < -0.3 is 5.73 Å². The van der Waals surface area contributed by atoms with Crippen molar-refractivity contribution in [2.45, 2.75) is 19.8 Å². The molecule has 0 aromatic heterocycles. The summed E-state index contributed by atoms with van der Waals surface area (Å²) in [6.07, 6.45) is 8.92. The lowest BCUT2D eigenvalue weighted by Gasteiger charge is -2.17. The lowest BCUT2D eigenvalue weighted by atomic mass is 9.90. The Balaban J connectivity index is 0.00000100. The highest BCUT2D eigenvalue weighted by molar-refractivity contribution is 14.1. The lowest BCUT2D eigenvalue weighted by Crippen LogP contribution is -1.95.